The Balaban J connectivity index is 1.52. The first-order chi connectivity index (χ1) is 13.4. The predicted octanol–water partition coefficient (Wildman–Crippen LogP) is 2.87. The average Bonchev–Trinajstić information content (AvgIpc) is 3.21. The van der Waals surface area contributed by atoms with Crippen LogP contribution in [0.3, 0.4) is 0 Å². The monoisotopic (exact) mass is 382 g/mol. The normalized spacial score (nSPS) is 17.8. The van der Waals surface area contributed by atoms with Crippen LogP contribution >= 0.6 is 0 Å². The highest BCUT2D eigenvalue weighted by Gasteiger charge is 2.35. The van der Waals surface area contributed by atoms with Gasteiger partial charge in [-0.05, 0) is 49.9 Å². The van der Waals surface area contributed by atoms with Gasteiger partial charge >= 0.3 is 0 Å². The van der Waals surface area contributed by atoms with Crippen LogP contribution in [-0.4, -0.2) is 34.7 Å². The number of carbonyl (C=O) groups excluding carboxylic acids is 2. The lowest BCUT2D eigenvalue weighted by Gasteiger charge is -2.18. The standard InChI is InChI=1S/C22H30N4O2/c1-5-18-6-8-20(9-7-18)25-14-19(11-21(25)27)22(28)23-12-15(2)13-26-17(4)10-16(3)24-26/h6-10,15,19H,5,11-14H2,1-4H3,(H,23,28). The number of hydrogen-bond donors (Lipinski definition) is 1. The topological polar surface area (TPSA) is 67.2 Å². The van der Waals surface area contributed by atoms with Gasteiger partial charge in [-0.15, -0.1) is 0 Å². The number of hydrogen-bond acceptors (Lipinski definition) is 3. The van der Waals surface area contributed by atoms with E-state index in [1.807, 2.05) is 42.8 Å². The molecule has 6 heteroatoms. The van der Waals surface area contributed by atoms with E-state index in [9.17, 15) is 9.59 Å². The summed E-state index contributed by atoms with van der Waals surface area (Å²) in [5.41, 5.74) is 4.24. The smallest absolute Gasteiger partial charge is 0.227 e. The summed E-state index contributed by atoms with van der Waals surface area (Å²) in [5, 5.41) is 7.50. The first-order valence-corrected chi connectivity index (χ1v) is 10.1. The van der Waals surface area contributed by atoms with Crippen LogP contribution in [0.4, 0.5) is 5.69 Å². The van der Waals surface area contributed by atoms with Crippen LogP contribution in [0, 0.1) is 25.7 Å². The molecule has 0 aliphatic carbocycles. The zero-order chi connectivity index (χ0) is 20.3. The van der Waals surface area contributed by atoms with Crippen LogP contribution in [0.15, 0.2) is 30.3 Å². The summed E-state index contributed by atoms with van der Waals surface area (Å²) in [7, 11) is 0. The van der Waals surface area contributed by atoms with E-state index in [0.29, 0.717) is 13.1 Å². The first kappa shape index (κ1) is 20.1. The van der Waals surface area contributed by atoms with E-state index in [1.165, 1.54) is 5.56 Å². The third-order valence-electron chi connectivity index (χ3n) is 5.36. The van der Waals surface area contributed by atoms with E-state index >= 15 is 0 Å². The number of rotatable bonds is 7. The van der Waals surface area contributed by atoms with E-state index in [2.05, 4.69) is 30.3 Å². The molecule has 2 amide bonds. The summed E-state index contributed by atoms with van der Waals surface area (Å²) in [6.07, 6.45) is 1.24. The summed E-state index contributed by atoms with van der Waals surface area (Å²) >= 11 is 0. The number of aryl methyl sites for hydroxylation is 3. The molecule has 1 aromatic carbocycles. The first-order valence-electron chi connectivity index (χ1n) is 10.1. The lowest BCUT2D eigenvalue weighted by molar-refractivity contribution is -0.126. The van der Waals surface area contributed by atoms with Crippen molar-refractivity contribution in [2.24, 2.45) is 11.8 Å². The summed E-state index contributed by atoms with van der Waals surface area (Å²) in [6.45, 7) is 10.0. The third-order valence-corrected chi connectivity index (χ3v) is 5.36. The lowest BCUT2D eigenvalue weighted by atomic mass is 10.1. The van der Waals surface area contributed by atoms with Gasteiger partial charge in [-0.25, -0.2) is 0 Å². The molecule has 0 saturated carbocycles. The van der Waals surface area contributed by atoms with Crippen LogP contribution in [0.25, 0.3) is 0 Å². The maximum Gasteiger partial charge on any atom is 0.227 e. The fraction of sp³-hybridized carbons (Fsp3) is 0.500. The zero-order valence-electron chi connectivity index (χ0n) is 17.2. The quantitative estimate of drug-likeness (QED) is 0.801. The van der Waals surface area contributed by atoms with Crippen LogP contribution in [0.2, 0.25) is 0 Å². The largest absolute Gasteiger partial charge is 0.355 e. The lowest BCUT2D eigenvalue weighted by Crippen LogP contribution is -2.36. The number of carbonyl (C=O) groups is 2. The van der Waals surface area contributed by atoms with Gasteiger partial charge in [0, 0.05) is 37.4 Å². The molecule has 150 valence electrons. The molecule has 1 aromatic heterocycles. The molecule has 1 saturated heterocycles. The van der Waals surface area contributed by atoms with Gasteiger partial charge in [-0.3, -0.25) is 14.3 Å². The number of nitrogens with one attached hydrogen (secondary N) is 1. The highest BCUT2D eigenvalue weighted by atomic mass is 16.2. The minimum atomic E-state index is -0.292. The number of benzene rings is 1. The van der Waals surface area contributed by atoms with Gasteiger partial charge in [0.2, 0.25) is 11.8 Å². The fourth-order valence-corrected chi connectivity index (χ4v) is 3.68. The summed E-state index contributed by atoms with van der Waals surface area (Å²) in [4.78, 5) is 26.7. The zero-order valence-corrected chi connectivity index (χ0v) is 17.2. The molecule has 1 aliphatic rings. The van der Waals surface area contributed by atoms with Gasteiger partial charge in [0.05, 0.1) is 11.6 Å². The van der Waals surface area contributed by atoms with Crippen LogP contribution in [0.1, 0.15) is 37.2 Å². The second-order valence-corrected chi connectivity index (χ2v) is 7.88. The SMILES string of the molecule is CCc1ccc(N2CC(C(=O)NCC(C)Cn3nc(C)cc3C)CC2=O)cc1. The molecular formula is C22H30N4O2. The van der Waals surface area contributed by atoms with Gasteiger partial charge in [0.25, 0.3) is 0 Å². The Morgan fingerprint density at radius 3 is 2.61 bits per heavy atom. The third kappa shape index (κ3) is 4.61. The van der Waals surface area contributed by atoms with Gasteiger partial charge in [0.1, 0.15) is 0 Å². The molecule has 1 aliphatic heterocycles. The van der Waals surface area contributed by atoms with Crippen LogP contribution in [0.5, 0.6) is 0 Å². The van der Waals surface area contributed by atoms with Gasteiger partial charge < -0.3 is 10.2 Å². The number of anilines is 1. The number of nitrogens with zero attached hydrogens (tertiary/aromatic N) is 3. The Morgan fingerprint density at radius 2 is 2.00 bits per heavy atom. The fourth-order valence-electron chi connectivity index (χ4n) is 3.68. The molecule has 28 heavy (non-hydrogen) atoms. The maximum atomic E-state index is 12.6. The van der Waals surface area contributed by atoms with Crippen molar-refractivity contribution >= 4 is 17.5 Å². The Labute approximate surface area is 166 Å². The number of amides is 2. The van der Waals surface area contributed by atoms with Gasteiger partial charge in [-0.2, -0.15) is 5.10 Å². The summed E-state index contributed by atoms with van der Waals surface area (Å²) < 4.78 is 1.98. The van der Waals surface area contributed by atoms with Crippen LogP contribution < -0.4 is 10.2 Å². The predicted molar refractivity (Wildman–Crippen MR) is 110 cm³/mol. The molecule has 0 bridgehead atoms. The highest BCUT2D eigenvalue weighted by molar-refractivity contribution is 6.00. The van der Waals surface area contributed by atoms with Crippen molar-refractivity contribution in [1.29, 1.82) is 0 Å². The van der Waals surface area contributed by atoms with Crippen molar-refractivity contribution in [1.82, 2.24) is 15.1 Å². The highest BCUT2D eigenvalue weighted by Crippen LogP contribution is 2.25. The molecule has 2 atom stereocenters. The Kier molecular flexibility index (Phi) is 6.17. The van der Waals surface area contributed by atoms with Crippen molar-refractivity contribution in [2.45, 2.75) is 47.1 Å². The van der Waals surface area contributed by atoms with E-state index in [4.69, 9.17) is 0 Å². The van der Waals surface area contributed by atoms with Crippen molar-refractivity contribution in [3.05, 3.63) is 47.3 Å². The second-order valence-electron chi connectivity index (χ2n) is 7.88. The summed E-state index contributed by atoms with van der Waals surface area (Å²) in [5.74, 6) is -0.0580. The minimum absolute atomic E-state index is 0.0140. The van der Waals surface area contributed by atoms with Gasteiger partial charge in [0.15, 0.2) is 0 Å². The Bertz CT molecular complexity index is 841. The number of aromatic nitrogens is 2. The average molecular weight is 383 g/mol. The maximum absolute atomic E-state index is 12.6. The molecule has 1 fully saturated rings. The molecule has 0 spiro atoms. The molecule has 2 aromatic rings. The second kappa shape index (κ2) is 8.59. The molecule has 0 radical (unpaired) electrons. The molecule has 1 N–H and O–H groups in total. The molecule has 6 nitrogen and oxygen atoms in total. The van der Waals surface area contributed by atoms with E-state index in [1.54, 1.807) is 4.90 Å². The van der Waals surface area contributed by atoms with E-state index in [0.717, 1.165) is 30.0 Å². The minimum Gasteiger partial charge on any atom is -0.355 e. The van der Waals surface area contributed by atoms with Crippen molar-refractivity contribution < 1.29 is 9.59 Å². The van der Waals surface area contributed by atoms with E-state index < -0.39 is 0 Å². The van der Waals surface area contributed by atoms with Crippen molar-refractivity contribution in [3.8, 4) is 0 Å². The van der Waals surface area contributed by atoms with Crippen molar-refractivity contribution in [2.75, 3.05) is 18.0 Å². The molecule has 2 unspecified atom stereocenters. The Morgan fingerprint density at radius 1 is 1.29 bits per heavy atom. The van der Waals surface area contributed by atoms with Crippen molar-refractivity contribution in [3.63, 3.8) is 0 Å². The summed E-state index contributed by atoms with van der Waals surface area (Å²) in [6, 6.07) is 10.1. The van der Waals surface area contributed by atoms with Crippen LogP contribution in [-0.2, 0) is 22.6 Å². The molecule has 2 heterocycles. The molecule has 3 rings (SSSR count). The van der Waals surface area contributed by atoms with E-state index in [-0.39, 0.29) is 30.1 Å². The van der Waals surface area contributed by atoms with Gasteiger partial charge in [-0.1, -0.05) is 26.0 Å². The molecular weight excluding hydrogens is 352 g/mol. The Hall–Kier alpha value is -2.63.